The average molecular weight is 346 g/mol. The third-order valence-electron chi connectivity index (χ3n) is 4.72. The quantitative estimate of drug-likeness (QED) is 0.767. The van der Waals surface area contributed by atoms with Crippen LogP contribution in [0.4, 0.5) is 5.69 Å². The predicted molar refractivity (Wildman–Crippen MR) is 99.6 cm³/mol. The van der Waals surface area contributed by atoms with Gasteiger partial charge in [-0.1, -0.05) is 26.0 Å². The number of likely N-dealkylation sites (tertiary alicyclic amines) is 1. The van der Waals surface area contributed by atoms with Crippen LogP contribution in [0.2, 0.25) is 0 Å². The van der Waals surface area contributed by atoms with Gasteiger partial charge in [-0.2, -0.15) is 0 Å². The molecule has 1 heterocycles. The second kappa shape index (κ2) is 9.44. The van der Waals surface area contributed by atoms with Crippen LogP contribution in [0.15, 0.2) is 24.3 Å². The number of hydrogen-bond donors (Lipinski definition) is 1. The number of piperidine rings is 1. The first-order valence-electron chi connectivity index (χ1n) is 9.20. The SMILES string of the molecule is COC(=O)CCCC(=O)N1CCCC(Nc2ccc(C(C)C)cc2)C1. The zero-order chi connectivity index (χ0) is 18.2. The van der Waals surface area contributed by atoms with Crippen LogP contribution in [0.25, 0.3) is 0 Å². The van der Waals surface area contributed by atoms with Crippen LogP contribution in [-0.2, 0) is 14.3 Å². The molecule has 1 aliphatic heterocycles. The minimum atomic E-state index is -0.254. The fraction of sp³-hybridized carbons (Fsp3) is 0.600. The van der Waals surface area contributed by atoms with Crippen LogP contribution in [0.5, 0.6) is 0 Å². The number of carbonyl (C=O) groups excluding carboxylic acids is 2. The van der Waals surface area contributed by atoms with E-state index in [-0.39, 0.29) is 17.9 Å². The molecule has 0 spiro atoms. The predicted octanol–water partition coefficient (Wildman–Crippen LogP) is 3.56. The van der Waals surface area contributed by atoms with Crippen molar-refractivity contribution in [3.8, 4) is 0 Å². The topological polar surface area (TPSA) is 58.6 Å². The summed E-state index contributed by atoms with van der Waals surface area (Å²) in [7, 11) is 1.37. The lowest BCUT2D eigenvalue weighted by Gasteiger charge is -2.34. The lowest BCUT2D eigenvalue weighted by atomic mass is 10.0. The van der Waals surface area contributed by atoms with Gasteiger partial charge in [-0.25, -0.2) is 0 Å². The Morgan fingerprint density at radius 1 is 1.24 bits per heavy atom. The summed E-state index contributed by atoms with van der Waals surface area (Å²) in [6.07, 6.45) is 3.34. The lowest BCUT2D eigenvalue weighted by molar-refractivity contribution is -0.141. The van der Waals surface area contributed by atoms with Gasteiger partial charge in [-0.3, -0.25) is 9.59 Å². The van der Waals surface area contributed by atoms with Crippen molar-refractivity contribution < 1.29 is 14.3 Å². The standard InChI is InChI=1S/C20H30N2O3/c1-15(2)16-9-11-17(12-10-16)21-18-6-5-13-22(14-18)19(23)7-4-8-20(24)25-3/h9-12,15,18,21H,4-8,13-14H2,1-3H3. The van der Waals surface area contributed by atoms with Crippen molar-refractivity contribution in [3.63, 3.8) is 0 Å². The zero-order valence-corrected chi connectivity index (χ0v) is 15.6. The van der Waals surface area contributed by atoms with Gasteiger partial charge in [-0.15, -0.1) is 0 Å². The van der Waals surface area contributed by atoms with Crippen molar-refractivity contribution in [2.75, 3.05) is 25.5 Å². The zero-order valence-electron chi connectivity index (χ0n) is 15.6. The number of amides is 1. The number of nitrogens with zero attached hydrogens (tertiary/aromatic N) is 1. The van der Waals surface area contributed by atoms with Crippen molar-refractivity contribution in [2.45, 2.75) is 57.9 Å². The molecule has 1 aromatic carbocycles. The third kappa shape index (κ3) is 6.07. The highest BCUT2D eigenvalue weighted by Gasteiger charge is 2.23. The summed E-state index contributed by atoms with van der Waals surface area (Å²) in [5.74, 6) is 0.406. The van der Waals surface area contributed by atoms with Gasteiger partial charge in [0.05, 0.1) is 7.11 Å². The molecule has 1 unspecified atom stereocenters. The second-order valence-electron chi connectivity index (χ2n) is 7.03. The summed E-state index contributed by atoms with van der Waals surface area (Å²) in [5, 5.41) is 3.55. The molecule has 25 heavy (non-hydrogen) atoms. The highest BCUT2D eigenvalue weighted by molar-refractivity contribution is 5.77. The van der Waals surface area contributed by atoms with E-state index in [4.69, 9.17) is 0 Å². The van der Waals surface area contributed by atoms with Gasteiger partial charge in [0.1, 0.15) is 0 Å². The molecule has 1 atom stereocenters. The molecule has 1 N–H and O–H groups in total. The van der Waals surface area contributed by atoms with Gasteiger partial charge in [0.15, 0.2) is 0 Å². The van der Waals surface area contributed by atoms with Crippen LogP contribution in [-0.4, -0.2) is 43.0 Å². The molecule has 2 rings (SSSR count). The molecule has 1 aliphatic rings. The van der Waals surface area contributed by atoms with E-state index in [2.05, 4.69) is 48.2 Å². The summed E-state index contributed by atoms with van der Waals surface area (Å²) >= 11 is 0. The Morgan fingerprint density at radius 2 is 1.96 bits per heavy atom. The summed E-state index contributed by atoms with van der Waals surface area (Å²) < 4.78 is 4.61. The number of anilines is 1. The molecule has 1 fully saturated rings. The fourth-order valence-electron chi connectivity index (χ4n) is 3.17. The lowest BCUT2D eigenvalue weighted by Crippen LogP contribution is -2.45. The van der Waals surface area contributed by atoms with Crippen molar-refractivity contribution in [1.29, 1.82) is 0 Å². The number of ether oxygens (including phenoxy) is 1. The molecule has 0 aliphatic carbocycles. The molecule has 0 bridgehead atoms. The molecule has 5 heteroatoms. The first kappa shape index (κ1) is 19.3. The van der Waals surface area contributed by atoms with Gasteiger partial charge in [0.25, 0.3) is 0 Å². The first-order chi connectivity index (χ1) is 12.0. The number of esters is 1. The van der Waals surface area contributed by atoms with Crippen LogP contribution in [0, 0.1) is 0 Å². The average Bonchev–Trinajstić information content (AvgIpc) is 2.62. The Labute approximate surface area is 150 Å². The van der Waals surface area contributed by atoms with Gasteiger partial charge < -0.3 is 15.0 Å². The molecular formula is C20H30N2O3. The second-order valence-corrected chi connectivity index (χ2v) is 7.03. The highest BCUT2D eigenvalue weighted by Crippen LogP contribution is 2.20. The first-order valence-corrected chi connectivity index (χ1v) is 9.20. The summed E-state index contributed by atoms with van der Waals surface area (Å²) in [6, 6.07) is 8.83. The van der Waals surface area contributed by atoms with Gasteiger partial charge >= 0.3 is 5.97 Å². The van der Waals surface area contributed by atoms with Crippen molar-refractivity contribution in [3.05, 3.63) is 29.8 Å². The molecule has 0 aromatic heterocycles. The number of benzene rings is 1. The van der Waals surface area contributed by atoms with Crippen molar-refractivity contribution in [1.82, 2.24) is 4.90 Å². The van der Waals surface area contributed by atoms with Crippen molar-refractivity contribution in [2.24, 2.45) is 0 Å². The van der Waals surface area contributed by atoms with E-state index in [0.717, 1.165) is 31.6 Å². The maximum Gasteiger partial charge on any atom is 0.305 e. The Kier molecular flexibility index (Phi) is 7.29. The molecule has 138 valence electrons. The molecule has 1 aromatic rings. The maximum absolute atomic E-state index is 12.3. The van der Waals surface area contributed by atoms with E-state index in [9.17, 15) is 9.59 Å². The highest BCUT2D eigenvalue weighted by atomic mass is 16.5. The summed E-state index contributed by atoms with van der Waals surface area (Å²) in [4.78, 5) is 25.4. The molecule has 0 saturated carbocycles. The Balaban J connectivity index is 1.81. The fourth-order valence-corrected chi connectivity index (χ4v) is 3.17. The maximum atomic E-state index is 12.3. The largest absolute Gasteiger partial charge is 0.469 e. The molecule has 1 amide bonds. The summed E-state index contributed by atoms with van der Waals surface area (Å²) in [5.41, 5.74) is 2.44. The monoisotopic (exact) mass is 346 g/mol. The Bertz CT molecular complexity index is 569. The number of rotatable bonds is 7. The van der Waals surface area contributed by atoms with E-state index in [1.165, 1.54) is 12.7 Å². The van der Waals surface area contributed by atoms with E-state index in [1.807, 2.05) is 4.90 Å². The molecule has 1 saturated heterocycles. The number of methoxy groups -OCH3 is 1. The minimum Gasteiger partial charge on any atom is -0.469 e. The normalized spacial score (nSPS) is 17.4. The van der Waals surface area contributed by atoms with E-state index < -0.39 is 0 Å². The van der Waals surface area contributed by atoms with Crippen LogP contribution in [0.1, 0.15) is 57.4 Å². The van der Waals surface area contributed by atoms with Gasteiger partial charge in [-0.05, 0) is 42.9 Å². The van der Waals surface area contributed by atoms with Crippen LogP contribution < -0.4 is 5.32 Å². The molecule has 5 nitrogen and oxygen atoms in total. The number of hydrogen-bond acceptors (Lipinski definition) is 4. The van der Waals surface area contributed by atoms with Crippen LogP contribution in [0.3, 0.4) is 0 Å². The minimum absolute atomic E-state index is 0.130. The van der Waals surface area contributed by atoms with E-state index in [0.29, 0.717) is 25.2 Å². The number of nitrogens with one attached hydrogen (secondary N) is 1. The third-order valence-corrected chi connectivity index (χ3v) is 4.72. The van der Waals surface area contributed by atoms with Crippen molar-refractivity contribution >= 4 is 17.6 Å². The Morgan fingerprint density at radius 3 is 2.60 bits per heavy atom. The van der Waals surface area contributed by atoms with Gasteiger partial charge in [0.2, 0.25) is 5.91 Å². The smallest absolute Gasteiger partial charge is 0.305 e. The van der Waals surface area contributed by atoms with E-state index in [1.54, 1.807) is 0 Å². The van der Waals surface area contributed by atoms with Crippen LogP contribution >= 0.6 is 0 Å². The van der Waals surface area contributed by atoms with E-state index >= 15 is 0 Å². The molecule has 0 radical (unpaired) electrons. The summed E-state index contributed by atoms with van der Waals surface area (Å²) in [6.45, 7) is 5.91. The number of carbonyl (C=O) groups is 2. The molecular weight excluding hydrogens is 316 g/mol. The Hall–Kier alpha value is -2.04. The van der Waals surface area contributed by atoms with Gasteiger partial charge in [0, 0.05) is 37.7 Å².